The number of alkyl halides is 1. The summed E-state index contributed by atoms with van der Waals surface area (Å²) in [7, 11) is 0. The van der Waals surface area contributed by atoms with E-state index in [1.54, 1.807) is 0 Å². The Kier molecular flexibility index (Phi) is 4.71. The first-order valence-corrected chi connectivity index (χ1v) is 6.16. The highest BCUT2D eigenvalue weighted by molar-refractivity contribution is 9.09. The van der Waals surface area contributed by atoms with Crippen molar-refractivity contribution < 1.29 is 8.78 Å². The number of hydrogen-bond donors (Lipinski definition) is 0. The van der Waals surface area contributed by atoms with Crippen LogP contribution in [-0.2, 0) is 6.42 Å². The van der Waals surface area contributed by atoms with Crippen LogP contribution >= 0.6 is 15.9 Å². The fraction of sp³-hybridized carbons (Fsp3) is 0.500. The van der Waals surface area contributed by atoms with Crippen LogP contribution in [-0.4, -0.2) is 5.33 Å². The molecule has 0 spiro atoms. The van der Waals surface area contributed by atoms with Gasteiger partial charge < -0.3 is 0 Å². The highest BCUT2D eigenvalue weighted by Gasteiger charge is 2.13. The van der Waals surface area contributed by atoms with Gasteiger partial charge in [-0.1, -0.05) is 29.8 Å². The molecule has 0 aliphatic rings. The van der Waals surface area contributed by atoms with Crippen LogP contribution in [0.1, 0.15) is 19.4 Å². The van der Waals surface area contributed by atoms with E-state index >= 15 is 0 Å². The monoisotopic (exact) mass is 276 g/mol. The van der Waals surface area contributed by atoms with Crippen LogP contribution in [0.15, 0.2) is 18.2 Å². The first-order valence-electron chi connectivity index (χ1n) is 5.04. The summed E-state index contributed by atoms with van der Waals surface area (Å²) in [5.74, 6) is -0.0916. The Bertz CT molecular complexity index is 303. The van der Waals surface area contributed by atoms with Gasteiger partial charge in [0, 0.05) is 11.4 Å². The lowest BCUT2D eigenvalue weighted by atomic mass is 9.91. The van der Waals surface area contributed by atoms with E-state index in [0.717, 1.165) is 17.0 Å². The highest BCUT2D eigenvalue weighted by Crippen LogP contribution is 2.20. The molecule has 3 heteroatoms. The molecule has 0 saturated carbocycles. The Morgan fingerprint density at radius 3 is 2.07 bits per heavy atom. The average molecular weight is 277 g/mol. The maximum atomic E-state index is 12.9. The van der Waals surface area contributed by atoms with Crippen molar-refractivity contribution >= 4 is 15.9 Å². The minimum absolute atomic E-state index is 0.409. The molecule has 84 valence electrons. The van der Waals surface area contributed by atoms with Gasteiger partial charge in [0.2, 0.25) is 0 Å². The summed E-state index contributed by atoms with van der Waals surface area (Å²) in [5, 5.41) is 0.850. The van der Waals surface area contributed by atoms with Crippen molar-refractivity contribution in [3.63, 3.8) is 0 Å². The molecule has 15 heavy (non-hydrogen) atoms. The van der Waals surface area contributed by atoms with E-state index < -0.39 is 11.6 Å². The van der Waals surface area contributed by atoms with Crippen LogP contribution in [0.4, 0.5) is 8.78 Å². The first kappa shape index (κ1) is 12.6. The molecule has 1 rings (SSSR count). The lowest BCUT2D eigenvalue weighted by Crippen LogP contribution is -2.13. The molecule has 1 aromatic carbocycles. The third kappa shape index (κ3) is 3.90. The molecule has 0 N–H and O–H groups in total. The number of halogens is 3. The molecular formula is C12H15BrF2. The zero-order valence-corrected chi connectivity index (χ0v) is 10.5. The fourth-order valence-corrected chi connectivity index (χ4v) is 2.48. The van der Waals surface area contributed by atoms with Crippen molar-refractivity contribution in [2.24, 2.45) is 11.8 Å². The molecule has 1 atom stereocenters. The van der Waals surface area contributed by atoms with Gasteiger partial charge in [0.15, 0.2) is 0 Å². The number of hydrogen-bond acceptors (Lipinski definition) is 0. The predicted molar refractivity (Wildman–Crippen MR) is 62.2 cm³/mol. The standard InChI is InChI=1S/C12H15BrF2/c1-8(2)10(7-13)3-9-4-11(14)6-12(15)5-9/h4-6,8,10H,3,7H2,1-2H3. The van der Waals surface area contributed by atoms with E-state index in [2.05, 4.69) is 29.8 Å². The van der Waals surface area contributed by atoms with Crippen molar-refractivity contribution in [3.8, 4) is 0 Å². The summed E-state index contributed by atoms with van der Waals surface area (Å²) in [6.45, 7) is 4.23. The summed E-state index contributed by atoms with van der Waals surface area (Å²) in [5.41, 5.74) is 0.727. The Labute approximate surface area is 97.8 Å². The van der Waals surface area contributed by atoms with Crippen molar-refractivity contribution in [1.29, 1.82) is 0 Å². The molecule has 0 fully saturated rings. The maximum Gasteiger partial charge on any atom is 0.126 e. The summed E-state index contributed by atoms with van der Waals surface area (Å²) < 4.78 is 25.9. The van der Waals surface area contributed by atoms with Gasteiger partial charge in [-0.25, -0.2) is 8.78 Å². The van der Waals surface area contributed by atoms with Crippen LogP contribution in [0.5, 0.6) is 0 Å². The second-order valence-electron chi connectivity index (χ2n) is 4.14. The van der Waals surface area contributed by atoms with E-state index in [1.807, 2.05) is 0 Å². The van der Waals surface area contributed by atoms with Crippen molar-refractivity contribution in [2.45, 2.75) is 20.3 Å². The lowest BCUT2D eigenvalue weighted by Gasteiger charge is -2.18. The lowest BCUT2D eigenvalue weighted by molar-refractivity contribution is 0.425. The Hall–Kier alpha value is -0.440. The van der Waals surface area contributed by atoms with Gasteiger partial charge in [0.25, 0.3) is 0 Å². The maximum absolute atomic E-state index is 12.9. The smallest absolute Gasteiger partial charge is 0.126 e. The number of benzene rings is 1. The highest BCUT2D eigenvalue weighted by atomic mass is 79.9. The zero-order chi connectivity index (χ0) is 11.4. The van der Waals surface area contributed by atoms with Gasteiger partial charge in [0.1, 0.15) is 11.6 Å². The van der Waals surface area contributed by atoms with Crippen LogP contribution in [0.2, 0.25) is 0 Å². The van der Waals surface area contributed by atoms with Crippen LogP contribution in [0, 0.1) is 23.5 Å². The minimum atomic E-state index is -0.498. The third-order valence-corrected chi connectivity index (χ3v) is 3.39. The van der Waals surface area contributed by atoms with Gasteiger partial charge in [-0.2, -0.15) is 0 Å². The van der Waals surface area contributed by atoms with Gasteiger partial charge in [-0.05, 0) is 36.0 Å². The molecular weight excluding hydrogens is 262 g/mol. The third-order valence-electron chi connectivity index (χ3n) is 2.56. The quantitative estimate of drug-likeness (QED) is 0.724. The van der Waals surface area contributed by atoms with E-state index in [4.69, 9.17) is 0 Å². The van der Waals surface area contributed by atoms with Crippen molar-refractivity contribution in [1.82, 2.24) is 0 Å². The fourth-order valence-electron chi connectivity index (χ4n) is 1.50. The Morgan fingerprint density at radius 2 is 1.67 bits per heavy atom. The second kappa shape index (κ2) is 5.59. The molecule has 0 aromatic heterocycles. The molecule has 0 aliphatic carbocycles. The number of rotatable bonds is 4. The molecule has 1 unspecified atom stereocenters. The molecule has 0 nitrogen and oxygen atoms in total. The van der Waals surface area contributed by atoms with Gasteiger partial charge in [-0.3, -0.25) is 0 Å². The van der Waals surface area contributed by atoms with Crippen LogP contribution < -0.4 is 0 Å². The molecule has 1 aromatic rings. The average Bonchev–Trinajstić information content (AvgIpc) is 2.12. The van der Waals surface area contributed by atoms with Gasteiger partial charge in [-0.15, -0.1) is 0 Å². The molecule has 0 radical (unpaired) electrons. The summed E-state index contributed by atoms with van der Waals surface area (Å²) in [6, 6.07) is 3.71. The SMILES string of the molecule is CC(C)C(CBr)Cc1cc(F)cc(F)c1. The first-order chi connectivity index (χ1) is 7.02. The molecule has 0 saturated heterocycles. The Balaban J connectivity index is 2.79. The van der Waals surface area contributed by atoms with Crippen molar-refractivity contribution in [2.75, 3.05) is 5.33 Å². The predicted octanol–water partition coefficient (Wildman–Crippen LogP) is 4.17. The summed E-state index contributed by atoms with van der Waals surface area (Å²) >= 11 is 3.42. The minimum Gasteiger partial charge on any atom is -0.207 e. The van der Waals surface area contributed by atoms with Gasteiger partial charge >= 0.3 is 0 Å². The van der Waals surface area contributed by atoms with Crippen molar-refractivity contribution in [3.05, 3.63) is 35.4 Å². The molecule has 0 heterocycles. The van der Waals surface area contributed by atoms with Crippen LogP contribution in [0.25, 0.3) is 0 Å². The van der Waals surface area contributed by atoms with E-state index in [-0.39, 0.29) is 0 Å². The van der Waals surface area contributed by atoms with Gasteiger partial charge in [0.05, 0.1) is 0 Å². The Morgan fingerprint density at radius 1 is 1.13 bits per heavy atom. The zero-order valence-electron chi connectivity index (χ0n) is 8.93. The normalized spacial score (nSPS) is 13.2. The van der Waals surface area contributed by atoms with E-state index in [0.29, 0.717) is 18.3 Å². The van der Waals surface area contributed by atoms with Crippen LogP contribution in [0.3, 0.4) is 0 Å². The summed E-state index contributed by atoms with van der Waals surface area (Å²) in [6.07, 6.45) is 0.706. The molecule has 0 aliphatic heterocycles. The second-order valence-corrected chi connectivity index (χ2v) is 4.79. The van der Waals surface area contributed by atoms with E-state index in [9.17, 15) is 8.78 Å². The molecule has 0 bridgehead atoms. The topological polar surface area (TPSA) is 0 Å². The largest absolute Gasteiger partial charge is 0.207 e. The van der Waals surface area contributed by atoms with E-state index in [1.165, 1.54) is 12.1 Å². The molecule has 0 amide bonds. The summed E-state index contributed by atoms with van der Waals surface area (Å²) in [4.78, 5) is 0.